The molecule has 2 amide bonds. The summed E-state index contributed by atoms with van der Waals surface area (Å²) >= 11 is 5.85. The highest BCUT2D eigenvalue weighted by Crippen LogP contribution is 2.25. The number of nitrogens with one attached hydrogen (secondary N) is 2. The van der Waals surface area contributed by atoms with Gasteiger partial charge in [-0.3, -0.25) is 0 Å². The van der Waals surface area contributed by atoms with Crippen molar-refractivity contribution in [3.05, 3.63) is 29.3 Å². The Bertz CT molecular complexity index is 434. The Morgan fingerprint density at radius 1 is 1.28 bits per heavy atom. The monoisotopic (exact) mass is 267 g/mol. The van der Waals surface area contributed by atoms with Crippen LogP contribution in [0.3, 0.4) is 0 Å². The molecule has 98 valence electrons. The Balaban J connectivity index is 2.21. The number of anilines is 1. The van der Waals surface area contributed by atoms with Crippen LogP contribution in [-0.4, -0.2) is 11.7 Å². The van der Waals surface area contributed by atoms with E-state index in [9.17, 15) is 4.79 Å². The van der Waals surface area contributed by atoms with E-state index in [1.165, 1.54) is 0 Å². The van der Waals surface area contributed by atoms with Gasteiger partial charge >= 0.3 is 6.03 Å². The Morgan fingerprint density at radius 2 is 1.94 bits per heavy atom. The number of carbonyl (C=O) groups excluding carboxylic acids is 1. The third-order valence-electron chi connectivity index (χ3n) is 3.24. The van der Waals surface area contributed by atoms with Gasteiger partial charge in [0.1, 0.15) is 5.66 Å². The topological polar surface area (TPSA) is 44.4 Å². The van der Waals surface area contributed by atoms with Crippen LogP contribution in [-0.2, 0) is 0 Å². The van der Waals surface area contributed by atoms with Gasteiger partial charge in [0.25, 0.3) is 0 Å². The number of carbonyl (C=O) groups is 1. The van der Waals surface area contributed by atoms with Crippen LogP contribution in [0.15, 0.2) is 24.3 Å². The predicted octanol–water partition coefficient (Wildman–Crippen LogP) is 3.28. The van der Waals surface area contributed by atoms with Crippen LogP contribution in [0.1, 0.15) is 33.1 Å². The zero-order valence-corrected chi connectivity index (χ0v) is 11.4. The highest BCUT2D eigenvalue weighted by atomic mass is 35.5. The highest BCUT2D eigenvalue weighted by Gasteiger charge is 2.40. The molecule has 2 N–H and O–H groups in total. The number of benzene rings is 1. The number of urea groups is 1. The maximum absolute atomic E-state index is 12.0. The Labute approximate surface area is 112 Å². The molecule has 1 aliphatic rings. The summed E-state index contributed by atoms with van der Waals surface area (Å²) in [5.74, 6) is 0. The molecule has 1 aliphatic heterocycles. The second-order valence-electron chi connectivity index (χ2n) is 4.54. The lowest BCUT2D eigenvalue weighted by atomic mass is 10.0. The van der Waals surface area contributed by atoms with E-state index in [-0.39, 0.29) is 11.7 Å². The summed E-state index contributed by atoms with van der Waals surface area (Å²) in [6, 6.07) is 7.08. The third-order valence-corrected chi connectivity index (χ3v) is 3.49. The first-order valence-corrected chi connectivity index (χ1v) is 6.63. The number of hydrogen-bond donors (Lipinski definition) is 2. The van der Waals surface area contributed by atoms with Gasteiger partial charge in [0, 0.05) is 5.02 Å². The van der Waals surface area contributed by atoms with E-state index in [0.717, 1.165) is 24.9 Å². The summed E-state index contributed by atoms with van der Waals surface area (Å²) in [5, 5.41) is 5.24. The molecule has 1 heterocycles. The van der Waals surface area contributed by atoms with Crippen LogP contribution >= 0.6 is 11.6 Å². The van der Waals surface area contributed by atoms with Crippen LogP contribution in [0.25, 0.3) is 0 Å². The van der Waals surface area contributed by atoms with Gasteiger partial charge in [-0.15, -0.1) is 0 Å². The summed E-state index contributed by atoms with van der Waals surface area (Å²) in [7, 11) is 0. The molecule has 1 aromatic carbocycles. The smallest absolute Gasteiger partial charge is 0.317 e. The molecule has 0 radical (unpaired) electrons. The molecule has 1 atom stereocenters. The van der Waals surface area contributed by atoms with Gasteiger partial charge in [0.2, 0.25) is 0 Å². The molecule has 1 fully saturated rings. The van der Waals surface area contributed by atoms with E-state index in [0.29, 0.717) is 5.02 Å². The van der Waals surface area contributed by atoms with Crippen molar-refractivity contribution in [2.75, 3.05) is 5.01 Å². The van der Waals surface area contributed by atoms with Crippen LogP contribution in [0, 0.1) is 0 Å². The van der Waals surface area contributed by atoms with Crippen molar-refractivity contribution in [1.29, 1.82) is 0 Å². The molecule has 5 heteroatoms. The standard InChI is InChI=1S/C13H18ClN3O/c1-3-9-13(4-2)15-12(18)17(16-13)11-7-5-10(14)6-8-11/h5-8,16H,3-4,9H2,1-2H3,(H,15,18). The Morgan fingerprint density at radius 3 is 2.50 bits per heavy atom. The number of hydrazine groups is 1. The molecule has 18 heavy (non-hydrogen) atoms. The van der Waals surface area contributed by atoms with Gasteiger partial charge in [0.05, 0.1) is 5.69 Å². The van der Waals surface area contributed by atoms with Crippen LogP contribution < -0.4 is 15.8 Å². The van der Waals surface area contributed by atoms with Gasteiger partial charge in [0.15, 0.2) is 0 Å². The highest BCUT2D eigenvalue weighted by molar-refractivity contribution is 6.30. The zero-order chi connectivity index (χ0) is 13.2. The van der Waals surface area contributed by atoms with Crippen molar-refractivity contribution in [2.45, 2.75) is 38.8 Å². The van der Waals surface area contributed by atoms with Crippen molar-refractivity contribution in [1.82, 2.24) is 10.7 Å². The quantitative estimate of drug-likeness (QED) is 0.879. The van der Waals surface area contributed by atoms with E-state index in [2.05, 4.69) is 24.6 Å². The average Bonchev–Trinajstić information content (AvgIpc) is 2.69. The molecular weight excluding hydrogens is 250 g/mol. The minimum Gasteiger partial charge on any atom is -0.317 e. The molecule has 0 aromatic heterocycles. The molecule has 1 aromatic rings. The average molecular weight is 268 g/mol. The molecule has 1 saturated heterocycles. The first kappa shape index (κ1) is 13.2. The minimum absolute atomic E-state index is 0.118. The maximum Gasteiger partial charge on any atom is 0.338 e. The lowest BCUT2D eigenvalue weighted by molar-refractivity contribution is 0.242. The van der Waals surface area contributed by atoms with E-state index in [4.69, 9.17) is 11.6 Å². The number of rotatable bonds is 4. The fourth-order valence-electron chi connectivity index (χ4n) is 2.21. The Hall–Kier alpha value is -1.26. The molecule has 4 nitrogen and oxygen atoms in total. The molecular formula is C13H18ClN3O. The molecule has 0 aliphatic carbocycles. The number of hydrogen-bond acceptors (Lipinski definition) is 2. The lowest BCUT2D eigenvalue weighted by Gasteiger charge is -2.27. The second kappa shape index (κ2) is 5.16. The first-order valence-electron chi connectivity index (χ1n) is 6.26. The summed E-state index contributed by atoms with van der Waals surface area (Å²) in [6.07, 6.45) is 2.76. The van der Waals surface area contributed by atoms with E-state index in [1.807, 2.05) is 12.1 Å². The number of nitrogens with zero attached hydrogens (tertiary/aromatic N) is 1. The van der Waals surface area contributed by atoms with Gasteiger partial charge in [-0.1, -0.05) is 31.9 Å². The lowest BCUT2D eigenvalue weighted by Crippen LogP contribution is -2.50. The summed E-state index contributed by atoms with van der Waals surface area (Å²) in [6.45, 7) is 4.17. The molecule has 1 unspecified atom stereocenters. The molecule has 2 rings (SSSR count). The van der Waals surface area contributed by atoms with Crippen LogP contribution in [0.4, 0.5) is 10.5 Å². The fourth-order valence-corrected chi connectivity index (χ4v) is 2.34. The van der Waals surface area contributed by atoms with Crippen molar-refractivity contribution >= 4 is 23.3 Å². The summed E-state index contributed by atoms with van der Waals surface area (Å²) < 4.78 is 0. The van der Waals surface area contributed by atoms with Crippen LogP contribution in [0.5, 0.6) is 0 Å². The van der Waals surface area contributed by atoms with E-state index < -0.39 is 0 Å². The zero-order valence-electron chi connectivity index (χ0n) is 10.7. The van der Waals surface area contributed by atoms with E-state index >= 15 is 0 Å². The SMILES string of the molecule is CCCC1(CC)NC(=O)N(c2ccc(Cl)cc2)N1. The van der Waals surface area contributed by atoms with Crippen LogP contribution in [0.2, 0.25) is 5.02 Å². The van der Waals surface area contributed by atoms with Crippen molar-refractivity contribution in [2.24, 2.45) is 0 Å². The van der Waals surface area contributed by atoms with E-state index in [1.54, 1.807) is 17.1 Å². The first-order chi connectivity index (χ1) is 8.60. The third kappa shape index (κ3) is 2.44. The number of amides is 2. The maximum atomic E-state index is 12.0. The molecule has 0 spiro atoms. The largest absolute Gasteiger partial charge is 0.338 e. The van der Waals surface area contributed by atoms with Gasteiger partial charge in [-0.25, -0.2) is 15.2 Å². The van der Waals surface area contributed by atoms with Crippen molar-refractivity contribution in [3.8, 4) is 0 Å². The predicted molar refractivity (Wildman–Crippen MR) is 73.5 cm³/mol. The fraction of sp³-hybridized carbons (Fsp3) is 0.462. The van der Waals surface area contributed by atoms with Crippen molar-refractivity contribution < 1.29 is 4.79 Å². The van der Waals surface area contributed by atoms with Gasteiger partial charge in [-0.2, -0.15) is 0 Å². The van der Waals surface area contributed by atoms with Gasteiger partial charge < -0.3 is 5.32 Å². The molecule has 0 saturated carbocycles. The summed E-state index contributed by atoms with van der Waals surface area (Å²) in [5.41, 5.74) is 3.74. The molecule has 0 bridgehead atoms. The number of halogens is 1. The van der Waals surface area contributed by atoms with Crippen molar-refractivity contribution in [3.63, 3.8) is 0 Å². The Kier molecular flexibility index (Phi) is 3.78. The second-order valence-corrected chi connectivity index (χ2v) is 4.98. The normalized spacial score (nSPS) is 23.3. The minimum atomic E-state index is -0.328. The van der Waals surface area contributed by atoms with Gasteiger partial charge in [-0.05, 0) is 37.1 Å². The summed E-state index contributed by atoms with van der Waals surface area (Å²) in [4.78, 5) is 12.0.